The number of phosphoric acid groups is 1. The third-order valence-corrected chi connectivity index (χ3v) is 27.3. The van der Waals surface area contributed by atoms with Crippen LogP contribution < -0.4 is 34.5 Å². The molecule has 9 fully saturated rings. The standard InChI is InChI=1S/C42H59O12P.C21H30O5.Na/c1-37-13-9-25(43)17-23(37)5-7-27-29-11-15-41(49,39(29,3)19-31(45)35(27)37)33(47)21-53-55(51,52)54-22-34(48)42(50)16-12-30-28-8-6-24-18-26(44)10-14-38(24,2)36(28)32(46)20-40(30,42)4;1-19-7-5-13(23)9-12(19)3-4-14-15-6-8-21(26,17(25)11-22)20(15,2)10-16(24)18(14)19;/h17-18,27-32,35-36,45-46,49-50H,5-16,19-22H2,1-4H3,(H,51,52);9,14-16,18,22,24,26H,3-8,10-11H2,1-2H3;/q;;+1/p-1/t27-,28-,29-,30-,31-,32-,35+,36+,37-,38-,39-,40-,41-,42-;14-,15-,16-,18+,19-,20-,21-;/m00./s1. The Labute approximate surface area is 504 Å². The number of carbonyl (C=O) groups excluding carboxylic acids is 6. The molecule has 12 rings (SSSR count). The van der Waals surface area contributed by atoms with Gasteiger partial charge in [0.25, 0.3) is 7.82 Å². The number of Topliss-reactive ketones (excluding diaryl/α,β-unsaturated/α-hetero) is 3. The van der Waals surface area contributed by atoms with Crippen molar-refractivity contribution in [1.29, 1.82) is 0 Å². The van der Waals surface area contributed by atoms with Crippen molar-refractivity contribution in [3.63, 3.8) is 0 Å². The SMILES string of the molecule is C[C@]12CCC(=O)C=C1CC[C@@H]1[C@@H]2[C@@H](O)C[C@@]2(C)[C@H]1CC[C@]2(O)C(=O)CO.C[C@]12CCC(=O)C=C1CC[C@@H]1[C@@H]2[C@@H](O)C[C@@]2(C)[C@H]1CC[C@]2(O)C(=O)COP(=O)([O-])OCC(=O)[C@@]1(O)CC[C@H]2[C@@H]3CCC4=CC(=O)CC[C@]4(C)[C@H]3[C@@H](O)C[C@@]21C.[Na+]. The summed E-state index contributed by atoms with van der Waals surface area (Å²) in [4.78, 5) is 89.3. The molecule has 0 saturated heterocycles. The average Bonchev–Trinajstić information content (AvgIpc) is 2.96. The van der Waals surface area contributed by atoms with E-state index in [4.69, 9.17) is 9.05 Å². The molecular formula is C63H88NaO17P. The van der Waals surface area contributed by atoms with Crippen molar-refractivity contribution < 1.29 is 113 Å². The minimum Gasteiger partial charge on any atom is -0.756 e. The van der Waals surface area contributed by atoms with E-state index in [1.165, 1.54) is 5.57 Å². The van der Waals surface area contributed by atoms with Gasteiger partial charge in [-0.25, -0.2) is 0 Å². The Morgan fingerprint density at radius 3 is 1.06 bits per heavy atom. The van der Waals surface area contributed by atoms with Gasteiger partial charge < -0.3 is 49.7 Å². The van der Waals surface area contributed by atoms with Crippen LogP contribution in [-0.2, 0) is 42.4 Å². The Hall–Kier alpha value is -1.93. The summed E-state index contributed by atoms with van der Waals surface area (Å²) in [7, 11) is -5.27. The van der Waals surface area contributed by atoms with Crippen LogP contribution in [0.15, 0.2) is 34.9 Å². The molecule has 448 valence electrons. The van der Waals surface area contributed by atoms with E-state index in [0.29, 0.717) is 70.6 Å². The van der Waals surface area contributed by atoms with Gasteiger partial charge in [0.15, 0.2) is 34.7 Å². The van der Waals surface area contributed by atoms with E-state index in [-0.39, 0.29) is 142 Å². The molecule has 7 N–H and O–H groups in total. The number of phosphoric ester groups is 1. The molecule has 0 heterocycles. The molecule has 12 aliphatic carbocycles. The minimum absolute atomic E-state index is 0. The quantitative estimate of drug-likeness (QED) is 0.122. The average molecular weight is 1170 g/mol. The normalized spacial score (nSPS) is 49.5. The van der Waals surface area contributed by atoms with Crippen molar-refractivity contribution in [3.05, 3.63) is 34.9 Å². The Kier molecular flexibility index (Phi) is 16.5. The molecule has 0 aliphatic heterocycles. The fourth-order valence-corrected chi connectivity index (χ4v) is 22.8. The van der Waals surface area contributed by atoms with Gasteiger partial charge in [-0.2, -0.15) is 0 Å². The molecule has 0 bridgehead atoms. The van der Waals surface area contributed by atoms with Crippen LogP contribution in [0.1, 0.15) is 176 Å². The van der Waals surface area contributed by atoms with Crippen LogP contribution in [-0.4, -0.2) is 125 Å². The van der Waals surface area contributed by atoms with Crippen LogP contribution in [0.2, 0.25) is 0 Å². The second-order valence-electron chi connectivity index (χ2n) is 29.3. The third kappa shape index (κ3) is 9.15. The Morgan fingerprint density at radius 1 is 0.500 bits per heavy atom. The molecule has 0 spiro atoms. The molecule has 21 atom stereocenters. The van der Waals surface area contributed by atoms with Gasteiger partial charge in [0.05, 0.1) is 18.3 Å². The van der Waals surface area contributed by atoms with Crippen molar-refractivity contribution in [3.8, 4) is 0 Å². The first-order valence-electron chi connectivity index (χ1n) is 30.5. The zero-order chi connectivity index (χ0) is 58.6. The fourth-order valence-electron chi connectivity index (χ4n) is 22.1. The predicted molar refractivity (Wildman–Crippen MR) is 291 cm³/mol. The number of hydrogen-bond donors (Lipinski definition) is 7. The van der Waals surface area contributed by atoms with Crippen LogP contribution in [0.3, 0.4) is 0 Å². The molecule has 0 amide bonds. The van der Waals surface area contributed by atoms with E-state index in [1.54, 1.807) is 32.1 Å². The van der Waals surface area contributed by atoms with Gasteiger partial charge in [-0.1, -0.05) is 58.3 Å². The van der Waals surface area contributed by atoms with E-state index in [2.05, 4.69) is 20.8 Å². The maximum atomic E-state index is 13.8. The molecule has 82 heavy (non-hydrogen) atoms. The van der Waals surface area contributed by atoms with E-state index < -0.39 is 96.4 Å². The summed E-state index contributed by atoms with van der Waals surface area (Å²) in [5, 5.41) is 79.1. The number of carbonyl (C=O) groups is 6. The molecule has 12 aliphatic rings. The molecule has 9 saturated carbocycles. The molecule has 0 aromatic carbocycles. The first-order valence-corrected chi connectivity index (χ1v) is 32.0. The number of aliphatic hydroxyl groups is 7. The zero-order valence-corrected chi connectivity index (χ0v) is 52.2. The van der Waals surface area contributed by atoms with Gasteiger partial charge in [0.2, 0.25) is 0 Å². The zero-order valence-electron chi connectivity index (χ0n) is 49.3. The molecule has 0 radical (unpaired) electrons. The van der Waals surface area contributed by atoms with Crippen molar-refractivity contribution in [2.75, 3.05) is 19.8 Å². The second-order valence-corrected chi connectivity index (χ2v) is 30.8. The fraction of sp³-hybridized carbons (Fsp3) is 0.810. The summed E-state index contributed by atoms with van der Waals surface area (Å²) in [5.41, 5.74) is -5.76. The van der Waals surface area contributed by atoms with Gasteiger partial charge in [0.1, 0.15) is 36.6 Å². The van der Waals surface area contributed by atoms with E-state index in [9.17, 15) is 74.0 Å². The van der Waals surface area contributed by atoms with Crippen LogP contribution >= 0.6 is 7.82 Å². The third-order valence-electron chi connectivity index (χ3n) is 26.4. The van der Waals surface area contributed by atoms with E-state index in [1.807, 2.05) is 6.92 Å². The maximum absolute atomic E-state index is 13.8. The molecule has 0 aromatic heterocycles. The minimum atomic E-state index is -5.27. The summed E-state index contributed by atoms with van der Waals surface area (Å²) in [5.74, 6) is -1.74. The van der Waals surface area contributed by atoms with Gasteiger partial charge >= 0.3 is 29.6 Å². The summed E-state index contributed by atoms with van der Waals surface area (Å²) in [6.07, 6.45) is 14.1. The predicted octanol–water partition coefficient (Wildman–Crippen LogP) is 2.88. The number of rotatable bonds is 10. The molecule has 0 aromatic rings. The van der Waals surface area contributed by atoms with Crippen molar-refractivity contribution in [2.45, 2.75) is 211 Å². The number of hydrogen-bond acceptors (Lipinski definition) is 17. The maximum Gasteiger partial charge on any atom is 1.00 e. The van der Waals surface area contributed by atoms with E-state index >= 15 is 0 Å². The number of allylic oxidation sites excluding steroid dienone is 3. The summed E-state index contributed by atoms with van der Waals surface area (Å²) in [6.45, 7) is 9.27. The number of ketones is 6. The summed E-state index contributed by atoms with van der Waals surface area (Å²) < 4.78 is 23.1. The van der Waals surface area contributed by atoms with Crippen LogP contribution in [0.25, 0.3) is 0 Å². The topological polar surface area (TPSA) is 303 Å². The van der Waals surface area contributed by atoms with Crippen LogP contribution in [0, 0.1) is 85.8 Å². The van der Waals surface area contributed by atoms with Crippen LogP contribution in [0.4, 0.5) is 0 Å². The van der Waals surface area contributed by atoms with Crippen LogP contribution in [0.5, 0.6) is 0 Å². The molecule has 19 heteroatoms. The Morgan fingerprint density at radius 2 is 0.780 bits per heavy atom. The van der Waals surface area contributed by atoms with Gasteiger partial charge in [-0.15, -0.1) is 0 Å². The van der Waals surface area contributed by atoms with Gasteiger partial charge in [0, 0.05) is 35.5 Å². The summed E-state index contributed by atoms with van der Waals surface area (Å²) >= 11 is 0. The van der Waals surface area contributed by atoms with Gasteiger partial charge in [-0.3, -0.25) is 33.3 Å². The molecular weight excluding hydrogens is 1080 g/mol. The Balaban J connectivity index is 0.000000233. The first kappa shape index (κ1) is 63.1. The van der Waals surface area contributed by atoms with Crippen molar-refractivity contribution in [1.82, 2.24) is 0 Å². The number of aliphatic hydroxyl groups excluding tert-OH is 4. The molecule has 0 unspecified atom stereocenters. The second kappa shape index (κ2) is 21.4. The van der Waals surface area contributed by atoms with Gasteiger partial charge in [-0.05, 0) is 203 Å². The van der Waals surface area contributed by atoms with Crippen molar-refractivity contribution in [2.24, 2.45) is 85.8 Å². The van der Waals surface area contributed by atoms with Crippen molar-refractivity contribution >= 4 is 42.5 Å². The summed E-state index contributed by atoms with van der Waals surface area (Å²) in [6, 6.07) is 0. The smallest absolute Gasteiger partial charge is 0.756 e. The Bertz CT molecular complexity index is 2710. The number of fused-ring (bicyclic) bond motifs is 15. The monoisotopic (exact) mass is 1170 g/mol. The molecule has 17 nitrogen and oxygen atoms in total. The van der Waals surface area contributed by atoms with E-state index in [0.717, 1.165) is 49.7 Å². The first-order chi connectivity index (χ1) is 37.8. The largest absolute Gasteiger partial charge is 1.00 e.